The Labute approximate surface area is 172 Å². The molecule has 0 radical (unpaired) electrons. The highest BCUT2D eigenvalue weighted by Gasteiger charge is 2.15. The lowest BCUT2D eigenvalue weighted by Crippen LogP contribution is -2.19. The molecule has 0 aliphatic carbocycles. The number of aryl methyl sites for hydroxylation is 1. The fourth-order valence-corrected chi connectivity index (χ4v) is 3.04. The SMILES string of the molecule is C=C(Nc1ccccc1C)C(=O)Nc1ccccc1-c1nc2ccccc2c(=O)o1. The van der Waals surface area contributed by atoms with Gasteiger partial charge in [0.05, 0.1) is 27.9 Å². The lowest BCUT2D eigenvalue weighted by Gasteiger charge is -2.14. The van der Waals surface area contributed by atoms with Crippen molar-refractivity contribution in [3.63, 3.8) is 0 Å². The Morgan fingerprint density at radius 2 is 1.57 bits per heavy atom. The second kappa shape index (κ2) is 8.05. The van der Waals surface area contributed by atoms with Crippen molar-refractivity contribution in [2.75, 3.05) is 10.6 Å². The molecular weight excluding hydrogens is 378 g/mol. The zero-order chi connectivity index (χ0) is 21.1. The largest absolute Gasteiger partial charge is 0.403 e. The van der Waals surface area contributed by atoms with Crippen molar-refractivity contribution in [1.82, 2.24) is 4.98 Å². The van der Waals surface area contributed by atoms with Gasteiger partial charge in [-0.25, -0.2) is 9.78 Å². The second-order valence-corrected chi connectivity index (χ2v) is 6.74. The first-order chi connectivity index (χ1) is 14.5. The Balaban J connectivity index is 1.63. The maximum atomic E-state index is 12.7. The van der Waals surface area contributed by atoms with Crippen LogP contribution in [0, 0.1) is 6.92 Å². The van der Waals surface area contributed by atoms with Gasteiger partial charge in [-0.1, -0.05) is 49.0 Å². The van der Waals surface area contributed by atoms with Gasteiger partial charge in [-0.2, -0.15) is 0 Å². The Bertz CT molecular complexity index is 1320. The monoisotopic (exact) mass is 397 g/mol. The maximum Gasteiger partial charge on any atom is 0.347 e. The number of hydrogen-bond donors (Lipinski definition) is 2. The van der Waals surface area contributed by atoms with Gasteiger partial charge in [-0.15, -0.1) is 0 Å². The summed E-state index contributed by atoms with van der Waals surface area (Å²) in [7, 11) is 0. The minimum atomic E-state index is -0.484. The van der Waals surface area contributed by atoms with Gasteiger partial charge >= 0.3 is 5.63 Å². The summed E-state index contributed by atoms with van der Waals surface area (Å²) in [6.07, 6.45) is 0. The molecule has 1 aromatic heterocycles. The van der Waals surface area contributed by atoms with E-state index in [0.717, 1.165) is 11.3 Å². The van der Waals surface area contributed by atoms with Crippen LogP contribution in [-0.4, -0.2) is 10.9 Å². The minimum Gasteiger partial charge on any atom is -0.403 e. The number of carbonyl (C=O) groups excluding carboxylic acids is 1. The quantitative estimate of drug-likeness (QED) is 0.476. The molecule has 1 heterocycles. The lowest BCUT2D eigenvalue weighted by atomic mass is 10.1. The summed E-state index contributed by atoms with van der Waals surface area (Å²) >= 11 is 0. The zero-order valence-corrected chi connectivity index (χ0v) is 16.3. The summed E-state index contributed by atoms with van der Waals surface area (Å²) in [5.74, 6) is -0.277. The van der Waals surface area contributed by atoms with E-state index in [0.29, 0.717) is 22.2 Å². The number of nitrogens with one attached hydrogen (secondary N) is 2. The second-order valence-electron chi connectivity index (χ2n) is 6.74. The van der Waals surface area contributed by atoms with Gasteiger partial charge in [0.1, 0.15) is 0 Å². The van der Waals surface area contributed by atoms with E-state index in [1.165, 1.54) is 0 Å². The third kappa shape index (κ3) is 3.84. The van der Waals surface area contributed by atoms with Crippen LogP contribution < -0.4 is 16.3 Å². The number of carbonyl (C=O) groups is 1. The molecule has 0 saturated heterocycles. The molecule has 0 unspecified atom stereocenters. The molecule has 4 aromatic rings. The average molecular weight is 397 g/mol. The zero-order valence-electron chi connectivity index (χ0n) is 16.3. The molecule has 30 heavy (non-hydrogen) atoms. The smallest absolute Gasteiger partial charge is 0.347 e. The molecule has 4 rings (SSSR count). The topological polar surface area (TPSA) is 84.2 Å². The average Bonchev–Trinajstić information content (AvgIpc) is 2.75. The summed E-state index contributed by atoms with van der Waals surface area (Å²) in [6.45, 7) is 5.77. The van der Waals surface area contributed by atoms with Gasteiger partial charge in [0, 0.05) is 5.69 Å². The highest BCUT2D eigenvalue weighted by atomic mass is 16.4. The van der Waals surface area contributed by atoms with E-state index in [1.54, 1.807) is 48.5 Å². The fraction of sp³-hybridized carbons (Fsp3) is 0.0417. The van der Waals surface area contributed by atoms with Crippen molar-refractivity contribution in [2.45, 2.75) is 6.92 Å². The highest BCUT2D eigenvalue weighted by Crippen LogP contribution is 2.27. The van der Waals surface area contributed by atoms with Crippen LogP contribution in [0.2, 0.25) is 0 Å². The van der Waals surface area contributed by atoms with Crippen molar-refractivity contribution >= 4 is 28.2 Å². The minimum absolute atomic E-state index is 0.132. The van der Waals surface area contributed by atoms with Crippen LogP contribution in [-0.2, 0) is 4.79 Å². The molecule has 0 aliphatic heterocycles. The summed E-state index contributed by atoms with van der Waals surface area (Å²) in [5, 5.41) is 6.24. The van der Waals surface area contributed by atoms with Crippen molar-refractivity contribution < 1.29 is 9.21 Å². The molecule has 6 nitrogen and oxygen atoms in total. The Kier molecular flexibility index (Phi) is 5.13. The van der Waals surface area contributed by atoms with Crippen LogP contribution in [0.25, 0.3) is 22.4 Å². The van der Waals surface area contributed by atoms with Gasteiger partial charge in [-0.3, -0.25) is 4.79 Å². The number of anilines is 2. The van der Waals surface area contributed by atoms with Crippen LogP contribution in [0.1, 0.15) is 5.56 Å². The predicted octanol–water partition coefficient (Wildman–Crippen LogP) is 4.73. The summed E-state index contributed by atoms with van der Waals surface area (Å²) in [6, 6.07) is 21.6. The van der Waals surface area contributed by atoms with E-state index >= 15 is 0 Å². The van der Waals surface area contributed by atoms with Crippen LogP contribution in [0.3, 0.4) is 0 Å². The van der Waals surface area contributed by atoms with Crippen molar-refractivity contribution in [2.24, 2.45) is 0 Å². The number of fused-ring (bicyclic) bond motifs is 1. The molecule has 3 aromatic carbocycles. The standard InChI is InChI=1S/C24H19N3O3/c1-15-9-3-6-12-19(15)25-16(2)22(28)26-20-13-7-4-10-17(20)23-27-21-14-8-5-11-18(21)24(29)30-23/h3-14,25H,2H2,1H3,(H,26,28). The molecule has 6 heteroatoms. The van der Waals surface area contributed by atoms with Crippen LogP contribution in [0.15, 0.2) is 94.3 Å². The first-order valence-electron chi connectivity index (χ1n) is 9.35. The Morgan fingerprint density at radius 3 is 2.37 bits per heavy atom. The van der Waals surface area contributed by atoms with Crippen molar-refractivity contribution in [1.29, 1.82) is 0 Å². The van der Waals surface area contributed by atoms with E-state index in [2.05, 4.69) is 22.2 Å². The number of benzene rings is 3. The van der Waals surface area contributed by atoms with Gasteiger partial charge in [0.25, 0.3) is 5.91 Å². The van der Waals surface area contributed by atoms with Gasteiger partial charge in [-0.05, 0) is 42.8 Å². The number of aromatic nitrogens is 1. The van der Waals surface area contributed by atoms with E-state index < -0.39 is 11.5 Å². The molecule has 0 spiro atoms. The highest BCUT2D eigenvalue weighted by molar-refractivity contribution is 6.07. The van der Waals surface area contributed by atoms with Crippen LogP contribution in [0.4, 0.5) is 11.4 Å². The third-order valence-electron chi connectivity index (χ3n) is 4.65. The van der Waals surface area contributed by atoms with E-state index in [1.807, 2.05) is 31.2 Å². The predicted molar refractivity (Wildman–Crippen MR) is 118 cm³/mol. The lowest BCUT2D eigenvalue weighted by molar-refractivity contribution is -0.112. The van der Waals surface area contributed by atoms with Crippen molar-refractivity contribution in [3.05, 3.63) is 101 Å². The Morgan fingerprint density at radius 1 is 0.900 bits per heavy atom. The number of hydrogen-bond acceptors (Lipinski definition) is 5. The molecular formula is C24H19N3O3. The maximum absolute atomic E-state index is 12.7. The van der Waals surface area contributed by atoms with Crippen molar-refractivity contribution in [3.8, 4) is 11.5 Å². The van der Waals surface area contributed by atoms with E-state index in [-0.39, 0.29) is 11.6 Å². The first-order valence-corrected chi connectivity index (χ1v) is 9.35. The summed E-state index contributed by atoms with van der Waals surface area (Å²) in [4.78, 5) is 29.5. The molecule has 148 valence electrons. The molecule has 0 bridgehead atoms. The number of rotatable bonds is 5. The summed E-state index contributed by atoms with van der Waals surface area (Å²) in [5.41, 5.74) is 2.98. The number of amides is 1. The number of nitrogens with zero attached hydrogens (tertiary/aromatic N) is 1. The molecule has 1 amide bonds. The number of para-hydroxylation sites is 3. The van der Waals surface area contributed by atoms with Gasteiger partial charge in [0.15, 0.2) is 0 Å². The first kappa shape index (κ1) is 19.1. The third-order valence-corrected chi connectivity index (χ3v) is 4.65. The van der Waals surface area contributed by atoms with Crippen LogP contribution in [0.5, 0.6) is 0 Å². The van der Waals surface area contributed by atoms with E-state index in [9.17, 15) is 9.59 Å². The Hall–Kier alpha value is -4.19. The molecule has 2 N–H and O–H groups in total. The normalized spacial score (nSPS) is 10.6. The fourth-order valence-electron chi connectivity index (χ4n) is 3.04. The van der Waals surface area contributed by atoms with Gasteiger partial charge in [0.2, 0.25) is 5.89 Å². The molecule has 0 fully saturated rings. The molecule has 0 saturated carbocycles. The molecule has 0 aliphatic rings. The van der Waals surface area contributed by atoms with Crippen LogP contribution >= 0.6 is 0 Å². The molecule has 0 atom stereocenters. The van der Waals surface area contributed by atoms with E-state index in [4.69, 9.17) is 4.42 Å². The van der Waals surface area contributed by atoms with Gasteiger partial charge < -0.3 is 15.1 Å². The summed E-state index contributed by atoms with van der Waals surface area (Å²) < 4.78 is 5.41.